The van der Waals surface area contributed by atoms with E-state index in [-0.39, 0.29) is 0 Å². The van der Waals surface area contributed by atoms with Crippen LogP contribution in [0.25, 0.3) is 33.1 Å². The van der Waals surface area contributed by atoms with Gasteiger partial charge < -0.3 is 13.7 Å². The Bertz CT molecular complexity index is 1480. The fourth-order valence-electron chi connectivity index (χ4n) is 3.92. The lowest BCUT2D eigenvalue weighted by atomic mass is 9.96. The third kappa shape index (κ3) is 3.20. The van der Waals surface area contributed by atoms with Crippen LogP contribution in [-0.4, -0.2) is 12.8 Å². The molecule has 5 rings (SSSR count). The van der Waals surface area contributed by atoms with Gasteiger partial charge >= 0.3 is 5.63 Å². The normalized spacial score (nSPS) is 11.9. The van der Waals surface area contributed by atoms with Crippen molar-refractivity contribution < 1.29 is 13.7 Å². The molecule has 0 spiro atoms. The summed E-state index contributed by atoms with van der Waals surface area (Å²) in [4.78, 5) is 17.4. The maximum Gasteiger partial charge on any atom is 0.336 e. The number of furan rings is 1. The van der Waals surface area contributed by atoms with Gasteiger partial charge in [-0.05, 0) is 30.2 Å². The second-order valence-electron chi connectivity index (χ2n) is 7.22. The van der Waals surface area contributed by atoms with E-state index in [4.69, 9.17) is 13.7 Å². The molecule has 2 heterocycles. The second kappa shape index (κ2) is 7.61. The van der Waals surface area contributed by atoms with Crippen LogP contribution < -0.4 is 5.63 Å². The molecule has 0 fully saturated rings. The molecular formula is C26H19NO4. The van der Waals surface area contributed by atoms with Gasteiger partial charge in [0.15, 0.2) is 11.5 Å². The fraction of sp³-hybridized carbons (Fsp3) is 0.0769. The zero-order chi connectivity index (χ0) is 21.4. The largest absolute Gasteiger partial charge is 0.453 e. The summed E-state index contributed by atoms with van der Waals surface area (Å²) in [5.41, 5.74) is 4.69. The van der Waals surface area contributed by atoms with E-state index >= 15 is 0 Å². The van der Waals surface area contributed by atoms with Crippen LogP contribution in [0.3, 0.4) is 0 Å². The molecule has 31 heavy (non-hydrogen) atoms. The van der Waals surface area contributed by atoms with Crippen molar-refractivity contribution in [1.82, 2.24) is 0 Å². The molecule has 5 aromatic rings. The molecule has 152 valence electrons. The third-order valence-corrected chi connectivity index (χ3v) is 5.28. The van der Waals surface area contributed by atoms with E-state index in [0.717, 1.165) is 33.0 Å². The maximum absolute atomic E-state index is 12.2. The highest BCUT2D eigenvalue weighted by molar-refractivity contribution is 6.21. The van der Waals surface area contributed by atoms with Gasteiger partial charge in [0.05, 0.1) is 5.39 Å². The minimum Gasteiger partial charge on any atom is -0.453 e. The second-order valence-corrected chi connectivity index (χ2v) is 7.22. The molecule has 0 saturated carbocycles. The first-order chi connectivity index (χ1) is 15.2. The van der Waals surface area contributed by atoms with E-state index in [2.05, 4.69) is 5.16 Å². The number of hydrogen-bond donors (Lipinski definition) is 0. The predicted octanol–water partition coefficient (Wildman–Crippen LogP) is 5.91. The molecule has 5 nitrogen and oxygen atoms in total. The quantitative estimate of drug-likeness (QED) is 0.210. The van der Waals surface area contributed by atoms with Crippen LogP contribution in [0.5, 0.6) is 0 Å². The Morgan fingerprint density at radius 2 is 1.61 bits per heavy atom. The molecule has 5 heteroatoms. The van der Waals surface area contributed by atoms with Gasteiger partial charge in [0.25, 0.3) is 0 Å². The maximum atomic E-state index is 12.2. The van der Waals surface area contributed by atoms with Crippen molar-refractivity contribution in [2.24, 2.45) is 5.16 Å². The Morgan fingerprint density at radius 1 is 0.903 bits per heavy atom. The Labute approximate surface area is 178 Å². The highest BCUT2D eigenvalue weighted by Gasteiger charge is 2.25. The van der Waals surface area contributed by atoms with E-state index in [0.29, 0.717) is 22.6 Å². The first kappa shape index (κ1) is 18.9. The highest BCUT2D eigenvalue weighted by atomic mass is 16.6. The van der Waals surface area contributed by atoms with Gasteiger partial charge in [-0.25, -0.2) is 4.79 Å². The number of benzene rings is 3. The number of hydrogen-bond acceptors (Lipinski definition) is 5. The van der Waals surface area contributed by atoms with Gasteiger partial charge in [-0.3, -0.25) is 0 Å². The average Bonchev–Trinajstić information content (AvgIpc) is 3.18. The monoisotopic (exact) mass is 409 g/mol. The topological polar surface area (TPSA) is 64.9 Å². The van der Waals surface area contributed by atoms with Crippen molar-refractivity contribution >= 4 is 27.7 Å². The van der Waals surface area contributed by atoms with E-state index in [9.17, 15) is 4.79 Å². The molecule has 0 atom stereocenters. The molecule has 0 aliphatic heterocycles. The van der Waals surface area contributed by atoms with Crippen LogP contribution >= 0.6 is 0 Å². The van der Waals surface area contributed by atoms with Gasteiger partial charge in [0.1, 0.15) is 18.3 Å². The van der Waals surface area contributed by atoms with Crippen molar-refractivity contribution in [2.75, 3.05) is 7.11 Å². The van der Waals surface area contributed by atoms with Crippen LogP contribution in [0.1, 0.15) is 16.9 Å². The summed E-state index contributed by atoms with van der Waals surface area (Å²) < 4.78 is 12.0. The average molecular weight is 409 g/mol. The zero-order valence-electron chi connectivity index (χ0n) is 17.1. The molecule has 3 aromatic carbocycles. The lowest BCUT2D eigenvalue weighted by Gasteiger charge is -2.08. The molecule has 2 aromatic heterocycles. The van der Waals surface area contributed by atoms with Gasteiger partial charge in [0.2, 0.25) is 0 Å². The molecule has 0 aliphatic carbocycles. The lowest BCUT2D eigenvalue weighted by molar-refractivity contribution is 0.213. The zero-order valence-corrected chi connectivity index (χ0v) is 17.1. The lowest BCUT2D eigenvalue weighted by Crippen LogP contribution is -2.04. The van der Waals surface area contributed by atoms with Crippen molar-refractivity contribution in [3.8, 4) is 11.1 Å². The molecule has 0 aliphatic rings. The number of fused-ring (bicyclic) bond motifs is 3. The highest BCUT2D eigenvalue weighted by Crippen LogP contribution is 2.40. The summed E-state index contributed by atoms with van der Waals surface area (Å²) in [5.74, 6) is 0.547. The first-order valence-corrected chi connectivity index (χ1v) is 9.89. The van der Waals surface area contributed by atoms with Crippen LogP contribution in [0, 0.1) is 6.92 Å². The molecule has 0 radical (unpaired) electrons. The van der Waals surface area contributed by atoms with Crippen molar-refractivity contribution in [3.05, 3.63) is 106 Å². The third-order valence-electron chi connectivity index (χ3n) is 5.28. The van der Waals surface area contributed by atoms with Gasteiger partial charge in [-0.15, -0.1) is 0 Å². The number of aryl methyl sites for hydroxylation is 1. The molecule has 0 amide bonds. The minimum absolute atomic E-state index is 0.395. The van der Waals surface area contributed by atoms with Gasteiger partial charge in [-0.1, -0.05) is 65.8 Å². The minimum atomic E-state index is -0.395. The Hall–Kier alpha value is -4.12. The number of rotatable bonds is 4. The van der Waals surface area contributed by atoms with E-state index < -0.39 is 5.63 Å². The summed E-state index contributed by atoms with van der Waals surface area (Å²) >= 11 is 0. The number of oxime groups is 1. The van der Waals surface area contributed by atoms with Crippen LogP contribution in [0.15, 0.2) is 97.6 Å². The SMILES string of the molecule is CO/N=C(\c1ccccc1)c1oc2ccc3c(C)cc(=O)oc3c2c1-c1ccccc1. The standard InChI is InChI=1S/C26H19NO4/c1-16-15-21(28)31-25-19(16)13-14-20-23(25)22(17-9-5-3-6-10-17)26(30-20)24(27-29-2)18-11-7-4-8-12-18/h3-15H,1-2H3/b27-24+. The van der Waals surface area contributed by atoms with Crippen molar-refractivity contribution in [3.63, 3.8) is 0 Å². The molecule has 0 N–H and O–H groups in total. The van der Waals surface area contributed by atoms with Crippen LogP contribution in [-0.2, 0) is 4.84 Å². The predicted molar refractivity (Wildman–Crippen MR) is 122 cm³/mol. The van der Waals surface area contributed by atoms with Gasteiger partial charge in [0, 0.05) is 22.6 Å². The summed E-state index contributed by atoms with van der Waals surface area (Å²) in [5, 5.41) is 5.89. The molecular weight excluding hydrogens is 390 g/mol. The molecule has 0 bridgehead atoms. The summed E-state index contributed by atoms with van der Waals surface area (Å²) in [6, 6.07) is 24.9. The first-order valence-electron chi connectivity index (χ1n) is 9.89. The molecule has 0 saturated heterocycles. The van der Waals surface area contributed by atoms with E-state index in [1.54, 1.807) is 0 Å². The van der Waals surface area contributed by atoms with E-state index in [1.807, 2.05) is 79.7 Å². The Morgan fingerprint density at radius 3 is 2.32 bits per heavy atom. The summed E-state index contributed by atoms with van der Waals surface area (Å²) in [6.07, 6.45) is 0. The Balaban J connectivity index is 1.95. The summed E-state index contributed by atoms with van der Waals surface area (Å²) in [7, 11) is 1.51. The van der Waals surface area contributed by atoms with Crippen molar-refractivity contribution in [2.45, 2.75) is 6.92 Å². The van der Waals surface area contributed by atoms with Gasteiger partial charge in [-0.2, -0.15) is 0 Å². The van der Waals surface area contributed by atoms with Crippen molar-refractivity contribution in [1.29, 1.82) is 0 Å². The molecule has 0 unspecified atom stereocenters. The van der Waals surface area contributed by atoms with Crippen LogP contribution in [0.4, 0.5) is 0 Å². The van der Waals surface area contributed by atoms with Crippen LogP contribution in [0.2, 0.25) is 0 Å². The number of nitrogens with zero attached hydrogens (tertiary/aromatic N) is 1. The van der Waals surface area contributed by atoms with E-state index in [1.165, 1.54) is 13.2 Å². The smallest absolute Gasteiger partial charge is 0.336 e. The Kier molecular flexibility index (Phi) is 4.64. The summed E-state index contributed by atoms with van der Waals surface area (Å²) in [6.45, 7) is 1.90. The fourth-order valence-corrected chi connectivity index (χ4v) is 3.92.